The second-order valence-corrected chi connectivity index (χ2v) is 4.40. The molecular weight excluding hydrogens is 240 g/mol. The lowest BCUT2D eigenvalue weighted by molar-refractivity contribution is -0.137. The third kappa shape index (κ3) is 5.59. The van der Waals surface area contributed by atoms with Crippen LogP contribution in [0.1, 0.15) is 31.2 Å². The number of unbranched alkanes of at least 4 members (excludes halogenated alkanes) is 2. The number of carboxylic acids is 1. The van der Waals surface area contributed by atoms with Gasteiger partial charge in [-0.25, -0.2) is 0 Å². The summed E-state index contributed by atoms with van der Waals surface area (Å²) in [5.41, 5.74) is 1.02. The SMILES string of the molecule is Cc1cc(Cl)ccc1OCCCCCC(=O)O. The molecule has 0 fully saturated rings. The van der Waals surface area contributed by atoms with Gasteiger partial charge in [-0.2, -0.15) is 0 Å². The highest BCUT2D eigenvalue weighted by Gasteiger charge is 2.00. The molecule has 0 aliphatic rings. The second kappa shape index (κ2) is 7.17. The molecular formula is C13H17ClO3. The minimum absolute atomic E-state index is 0.236. The summed E-state index contributed by atoms with van der Waals surface area (Å²) >= 11 is 5.84. The fourth-order valence-electron chi connectivity index (χ4n) is 1.51. The molecule has 94 valence electrons. The van der Waals surface area contributed by atoms with Gasteiger partial charge in [-0.05, 0) is 49.9 Å². The third-order valence-corrected chi connectivity index (χ3v) is 2.66. The highest BCUT2D eigenvalue weighted by molar-refractivity contribution is 6.30. The Kier molecular flexibility index (Phi) is 5.84. The van der Waals surface area contributed by atoms with E-state index in [1.165, 1.54) is 0 Å². The molecule has 1 aromatic carbocycles. The lowest BCUT2D eigenvalue weighted by Gasteiger charge is -2.08. The zero-order valence-corrected chi connectivity index (χ0v) is 10.7. The van der Waals surface area contributed by atoms with E-state index in [-0.39, 0.29) is 6.42 Å². The average Bonchev–Trinajstić information content (AvgIpc) is 2.25. The highest BCUT2D eigenvalue weighted by Crippen LogP contribution is 2.21. The van der Waals surface area contributed by atoms with Crippen LogP contribution < -0.4 is 4.74 Å². The van der Waals surface area contributed by atoms with Crippen molar-refractivity contribution in [1.29, 1.82) is 0 Å². The van der Waals surface area contributed by atoms with E-state index in [0.717, 1.165) is 24.2 Å². The van der Waals surface area contributed by atoms with Gasteiger partial charge in [-0.1, -0.05) is 11.6 Å². The number of ether oxygens (including phenoxy) is 1. The van der Waals surface area contributed by atoms with E-state index in [1.807, 2.05) is 19.1 Å². The normalized spacial score (nSPS) is 10.2. The largest absolute Gasteiger partial charge is 0.493 e. The monoisotopic (exact) mass is 256 g/mol. The number of carboxylic acid groups (broad SMARTS) is 1. The van der Waals surface area contributed by atoms with E-state index in [2.05, 4.69) is 0 Å². The zero-order chi connectivity index (χ0) is 12.7. The van der Waals surface area contributed by atoms with Gasteiger partial charge in [0.15, 0.2) is 0 Å². The van der Waals surface area contributed by atoms with Gasteiger partial charge in [0.05, 0.1) is 6.61 Å². The van der Waals surface area contributed by atoms with E-state index in [0.29, 0.717) is 18.1 Å². The first kappa shape index (κ1) is 13.8. The van der Waals surface area contributed by atoms with Gasteiger partial charge < -0.3 is 9.84 Å². The Morgan fingerprint density at radius 2 is 2.12 bits per heavy atom. The smallest absolute Gasteiger partial charge is 0.303 e. The van der Waals surface area contributed by atoms with Crippen LogP contribution in [-0.2, 0) is 4.79 Å². The molecule has 0 bridgehead atoms. The summed E-state index contributed by atoms with van der Waals surface area (Å²) in [6.45, 7) is 2.56. The number of rotatable bonds is 7. The number of hydrogen-bond acceptors (Lipinski definition) is 2. The molecule has 0 saturated heterocycles. The first-order valence-corrected chi connectivity index (χ1v) is 6.08. The van der Waals surface area contributed by atoms with E-state index in [9.17, 15) is 4.79 Å². The van der Waals surface area contributed by atoms with Crippen LogP contribution in [-0.4, -0.2) is 17.7 Å². The lowest BCUT2D eigenvalue weighted by Crippen LogP contribution is -2.00. The van der Waals surface area contributed by atoms with Crippen molar-refractivity contribution < 1.29 is 14.6 Å². The number of aryl methyl sites for hydroxylation is 1. The molecule has 1 aromatic rings. The summed E-state index contributed by atoms with van der Waals surface area (Å²) in [4.78, 5) is 10.3. The van der Waals surface area contributed by atoms with Gasteiger partial charge >= 0.3 is 5.97 Å². The maximum Gasteiger partial charge on any atom is 0.303 e. The van der Waals surface area contributed by atoms with Crippen molar-refractivity contribution in [2.24, 2.45) is 0 Å². The van der Waals surface area contributed by atoms with Gasteiger partial charge in [-0.3, -0.25) is 4.79 Å². The fourth-order valence-corrected chi connectivity index (χ4v) is 1.74. The van der Waals surface area contributed by atoms with Crippen LogP contribution in [0.3, 0.4) is 0 Å². The summed E-state index contributed by atoms with van der Waals surface area (Å²) < 4.78 is 5.59. The Morgan fingerprint density at radius 3 is 2.76 bits per heavy atom. The lowest BCUT2D eigenvalue weighted by atomic mass is 10.2. The molecule has 17 heavy (non-hydrogen) atoms. The van der Waals surface area contributed by atoms with E-state index in [1.54, 1.807) is 6.07 Å². The molecule has 0 radical (unpaired) electrons. The van der Waals surface area contributed by atoms with E-state index >= 15 is 0 Å². The minimum atomic E-state index is -0.737. The first-order valence-electron chi connectivity index (χ1n) is 5.70. The third-order valence-electron chi connectivity index (χ3n) is 2.43. The molecule has 0 spiro atoms. The number of hydrogen-bond donors (Lipinski definition) is 1. The fraction of sp³-hybridized carbons (Fsp3) is 0.462. The number of benzene rings is 1. The minimum Gasteiger partial charge on any atom is -0.493 e. The molecule has 3 nitrogen and oxygen atoms in total. The Labute approximate surface area is 106 Å². The van der Waals surface area contributed by atoms with Gasteiger partial charge in [0, 0.05) is 11.4 Å². The summed E-state index contributed by atoms with van der Waals surface area (Å²) in [7, 11) is 0. The van der Waals surface area contributed by atoms with Crippen LogP contribution in [0.2, 0.25) is 5.02 Å². The van der Waals surface area contributed by atoms with Crippen molar-refractivity contribution in [2.75, 3.05) is 6.61 Å². The summed E-state index contributed by atoms with van der Waals surface area (Å²) in [6, 6.07) is 5.52. The van der Waals surface area contributed by atoms with E-state index < -0.39 is 5.97 Å². The van der Waals surface area contributed by atoms with Crippen molar-refractivity contribution >= 4 is 17.6 Å². The zero-order valence-electron chi connectivity index (χ0n) is 9.91. The summed E-state index contributed by atoms with van der Waals surface area (Å²) in [6.07, 6.45) is 2.69. The van der Waals surface area contributed by atoms with Crippen molar-refractivity contribution in [1.82, 2.24) is 0 Å². The molecule has 0 heterocycles. The van der Waals surface area contributed by atoms with Crippen LogP contribution in [0.15, 0.2) is 18.2 Å². The number of carbonyl (C=O) groups is 1. The summed E-state index contributed by atoms with van der Waals surface area (Å²) in [5, 5.41) is 9.17. The van der Waals surface area contributed by atoms with Crippen molar-refractivity contribution in [3.63, 3.8) is 0 Å². The molecule has 0 saturated carbocycles. The molecule has 4 heteroatoms. The first-order chi connectivity index (χ1) is 8.09. The van der Waals surface area contributed by atoms with Crippen molar-refractivity contribution in [3.8, 4) is 5.75 Å². The highest BCUT2D eigenvalue weighted by atomic mass is 35.5. The van der Waals surface area contributed by atoms with Crippen LogP contribution in [0, 0.1) is 6.92 Å². The van der Waals surface area contributed by atoms with Crippen LogP contribution in [0.5, 0.6) is 5.75 Å². The predicted molar refractivity (Wildman–Crippen MR) is 67.8 cm³/mol. The topological polar surface area (TPSA) is 46.5 Å². The van der Waals surface area contributed by atoms with E-state index in [4.69, 9.17) is 21.4 Å². The molecule has 1 N–H and O–H groups in total. The van der Waals surface area contributed by atoms with Crippen molar-refractivity contribution in [3.05, 3.63) is 28.8 Å². The molecule has 0 amide bonds. The standard InChI is InChI=1S/C13H17ClO3/c1-10-9-11(14)6-7-12(10)17-8-4-2-3-5-13(15)16/h6-7,9H,2-5,8H2,1H3,(H,15,16). The van der Waals surface area contributed by atoms with Gasteiger partial charge in [0.2, 0.25) is 0 Å². The molecule has 0 aromatic heterocycles. The second-order valence-electron chi connectivity index (χ2n) is 3.96. The molecule has 0 unspecified atom stereocenters. The Balaban J connectivity index is 2.20. The van der Waals surface area contributed by atoms with Gasteiger partial charge in [0.1, 0.15) is 5.75 Å². The Morgan fingerprint density at radius 1 is 1.35 bits per heavy atom. The quantitative estimate of drug-likeness (QED) is 0.757. The van der Waals surface area contributed by atoms with Crippen molar-refractivity contribution in [2.45, 2.75) is 32.6 Å². The Hall–Kier alpha value is -1.22. The molecule has 0 aliphatic heterocycles. The number of halogens is 1. The summed E-state index contributed by atoms with van der Waals surface area (Å²) in [5.74, 6) is 0.104. The maximum absolute atomic E-state index is 10.3. The molecule has 1 rings (SSSR count). The number of aliphatic carboxylic acids is 1. The maximum atomic E-state index is 10.3. The average molecular weight is 257 g/mol. The van der Waals surface area contributed by atoms with Gasteiger partial charge in [-0.15, -0.1) is 0 Å². The van der Waals surface area contributed by atoms with Crippen LogP contribution in [0.4, 0.5) is 0 Å². The van der Waals surface area contributed by atoms with Gasteiger partial charge in [0.25, 0.3) is 0 Å². The van der Waals surface area contributed by atoms with Crippen LogP contribution in [0.25, 0.3) is 0 Å². The van der Waals surface area contributed by atoms with Crippen LogP contribution >= 0.6 is 11.6 Å². The molecule has 0 atom stereocenters. The predicted octanol–water partition coefficient (Wildman–Crippen LogP) is 3.67. The molecule has 0 aliphatic carbocycles. The Bertz CT molecular complexity index is 377.